The summed E-state index contributed by atoms with van der Waals surface area (Å²) in [5.74, 6) is -0.222. The van der Waals surface area contributed by atoms with E-state index in [4.69, 9.17) is 11.6 Å². The van der Waals surface area contributed by atoms with Gasteiger partial charge in [-0.3, -0.25) is 4.79 Å². The first-order valence-electron chi connectivity index (χ1n) is 4.92. The van der Waals surface area contributed by atoms with Gasteiger partial charge < -0.3 is 5.32 Å². The van der Waals surface area contributed by atoms with Crippen LogP contribution < -0.4 is 5.32 Å². The maximum Gasteiger partial charge on any atom is 0.251 e. The fraction of sp³-hybridized carbons (Fsp3) is 0.0909. The molecule has 0 atom stereocenters. The first kappa shape index (κ1) is 11.5. The zero-order chi connectivity index (χ0) is 12.1. The zero-order valence-electron chi connectivity index (χ0n) is 8.80. The van der Waals surface area contributed by atoms with Crippen molar-refractivity contribution in [2.24, 2.45) is 0 Å². The van der Waals surface area contributed by atoms with Crippen LogP contribution in [-0.4, -0.2) is 21.1 Å². The van der Waals surface area contributed by atoms with Gasteiger partial charge in [0.2, 0.25) is 0 Å². The second-order valence-corrected chi connectivity index (χ2v) is 3.65. The van der Waals surface area contributed by atoms with Crippen LogP contribution in [0.1, 0.15) is 16.1 Å². The number of hydrogen-bond donors (Lipinski definition) is 1. The molecule has 0 spiro atoms. The fourth-order valence-corrected chi connectivity index (χ4v) is 1.42. The molecule has 86 valence electrons. The van der Waals surface area contributed by atoms with E-state index < -0.39 is 0 Å². The number of nitrogens with one attached hydrogen (secondary N) is 1. The van der Waals surface area contributed by atoms with Crippen LogP contribution in [0.25, 0.3) is 0 Å². The summed E-state index contributed by atoms with van der Waals surface area (Å²) in [6.45, 7) is 0.326. The predicted octanol–water partition coefficient (Wildman–Crippen LogP) is 1.46. The Kier molecular flexibility index (Phi) is 3.62. The monoisotopic (exact) mass is 248 g/mol. The summed E-state index contributed by atoms with van der Waals surface area (Å²) < 4.78 is 0. The molecule has 17 heavy (non-hydrogen) atoms. The highest BCUT2D eigenvalue weighted by atomic mass is 35.5. The molecule has 2 heterocycles. The van der Waals surface area contributed by atoms with E-state index >= 15 is 0 Å². The van der Waals surface area contributed by atoms with E-state index in [9.17, 15) is 4.79 Å². The summed E-state index contributed by atoms with van der Waals surface area (Å²) in [5.41, 5.74) is 1.16. The molecule has 5 nitrogen and oxygen atoms in total. The van der Waals surface area contributed by atoms with Gasteiger partial charge in [0.15, 0.2) is 0 Å². The SMILES string of the molecule is O=C(NCc1cccnn1)c1ccnc(Cl)c1. The minimum absolute atomic E-state index is 0.222. The number of rotatable bonds is 3. The lowest BCUT2D eigenvalue weighted by atomic mass is 10.2. The molecule has 0 fully saturated rings. The van der Waals surface area contributed by atoms with Crippen LogP contribution in [0.2, 0.25) is 5.15 Å². The number of amides is 1. The molecule has 6 heteroatoms. The molecule has 2 aromatic heterocycles. The molecule has 0 unspecified atom stereocenters. The average molecular weight is 249 g/mol. The van der Waals surface area contributed by atoms with E-state index in [1.165, 1.54) is 12.3 Å². The number of nitrogens with zero attached hydrogens (tertiary/aromatic N) is 3. The Morgan fingerprint density at radius 1 is 1.35 bits per heavy atom. The van der Waals surface area contributed by atoms with Crippen LogP contribution in [0.3, 0.4) is 0 Å². The normalized spacial score (nSPS) is 9.94. The second kappa shape index (κ2) is 5.36. The van der Waals surface area contributed by atoms with Gasteiger partial charge in [0.1, 0.15) is 5.15 Å². The maximum atomic E-state index is 11.7. The lowest BCUT2D eigenvalue weighted by molar-refractivity contribution is 0.0950. The number of aromatic nitrogens is 3. The lowest BCUT2D eigenvalue weighted by Gasteiger charge is -2.04. The number of pyridine rings is 1. The Bertz CT molecular complexity index is 518. The van der Waals surface area contributed by atoms with Crippen LogP contribution in [0.15, 0.2) is 36.7 Å². The standard InChI is InChI=1S/C11H9ClN4O/c12-10-6-8(3-5-13-10)11(17)14-7-9-2-1-4-15-16-9/h1-6H,7H2,(H,14,17). The van der Waals surface area contributed by atoms with Crippen LogP contribution in [0.4, 0.5) is 0 Å². The lowest BCUT2D eigenvalue weighted by Crippen LogP contribution is -2.23. The van der Waals surface area contributed by atoms with Gasteiger partial charge in [-0.25, -0.2) is 4.98 Å². The third kappa shape index (κ3) is 3.22. The first-order chi connectivity index (χ1) is 8.25. The Morgan fingerprint density at radius 2 is 2.24 bits per heavy atom. The molecule has 0 aliphatic carbocycles. The van der Waals surface area contributed by atoms with Gasteiger partial charge in [0, 0.05) is 18.0 Å². The molecule has 2 rings (SSSR count). The molecule has 0 aromatic carbocycles. The third-order valence-electron chi connectivity index (χ3n) is 2.05. The van der Waals surface area contributed by atoms with E-state index in [1.807, 2.05) is 0 Å². The van der Waals surface area contributed by atoms with Crippen molar-refractivity contribution >= 4 is 17.5 Å². The van der Waals surface area contributed by atoms with Crippen molar-refractivity contribution in [3.05, 3.63) is 53.1 Å². The van der Waals surface area contributed by atoms with Gasteiger partial charge in [-0.2, -0.15) is 10.2 Å². The Labute approximate surface area is 103 Å². The van der Waals surface area contributed by atoms with Gasteiger partial charge in [0.25, 0.3) is 5.91 Å². The summed E-state index contributed by atoms with van der Waals surface area (Å²) in [4.78, 5) is 15.5. The Balaban J connectivity index is 1.98. The van der Waals surface area contributed by atoms with Crippen LogP contribution in [0, 0.1) is 0 Å². The highest BCUT2D eigenvalue weighted by Gasteiger charge is 2.06. The topological polar surface area (TPSA) is 67.8 Å². The Morgan fingerprint density at radius 3 is 2.94 bits per heavy atom. The van der Waals surface area contributed by atoms with E-state index in [0.717, 1.165) is 0 Å². The molecule has 0 aliphatic heterocycles. The Hall–Kier alpha value is -2.01. The third-order valence-corrected chi connectivity index (χ3v) is 2.25. The van der Waals surface area contributed by atoms with Crippen molar-refractivity contribution in [1.29, 1.82) is 0 Å². The van der Waals surface area contributed by atoms with E-state index in [1.54, 1.807) is 24.4 Å². The predicted molar refractivity (Wildman–Crippen MR) is 62.4 cm³/mol. The summed E-state index contributed by atoms with van der Waals surface area (Å²) >= 11 is 5.69. The van der Waals surface area contributed by atoms with E-state index in [2.05, 4.69) is 20.5 Å². The van der Waals surface area contributed by atoms with E-state index in [0.29, 0.717) is 17.8 Å². The molecule has 1 N–H and O–H groups in total. The molecular formula is C11H9ClN4O. The first-order valence-corrected chi connectivity index (χ1v) is 5.30. The minimum Gasteiger partial charge on any atom is -0.346 e. The smallest absolute Gasteiger partial charge is 0.251 e. The largest absolute Gasteiger partial charge is 0.346 e. The van der Waals surface area contributed by atoms with Gasteiger partial charge in [-0.15, -0.1) is 0 Å². The summed E-state index contributed by atoms with van der Waals surface area (Å²) in [6.07, 6.45) is 3.06. The molecule has 0 aliphatic rings. The average Bonchev–Trinajstić information content (AvgIpc) is 2.37. The van der Waals surface area contributed by atoms with Crippen molar-refractivity contribution in [3.63, 3.8) is 0 Å². The fourth-order valence-electron chi connectivity index (χ4n) is 1.24. The van der Waals surface area contributed by atoms with Gasteiger partial charge in [-0.05, 0) is 24.3 Å². The van der Waals surface area contributed by atoms with Gasteiger partial charge in [0.05, 0.1) is 12.2 Å². The quantitative estimate of drug-likeness (QED) is 0.835. The summed E-state index contributed by atoms with van der Waals surface area (Å²) in [7, 11) is 0. The molecular weight excluding hydrogens is 240 g/mol. The number of carbonyl (C=O) groups is 1. The maximum absolute atomic E-state index is 11.7. The second-order valence-electron chi connectivity index (χ2n) is 3.26. The number of halogens is 1. The van der Waals surface area contributed by atoms with Crippen molar-refractivity contribution in [1.82, 2.24) is 20.5 Å². The highest BCUT2D eigenvalue weighted by Crippen LogP contribution is 2.06. The number of carbonyl (C=O) groups excluding carboxylic acids is 1. The van der Waals surface area contributed by atoms with Crippen molar-refractivity contribution in [2.75, 3.05) is 0 Å². The molecule has 2 aromatic rings. The highest BCUT2D eigenvalue weighted by molar-refractivity contribution is 6.29. The molecule has 0 saturated heterocycles. The summed E-state index contributed by atoms with van der Waals surface area (Å²) in [6, 6.07) is 6.65. The van der Waals surface area contributed by atoms with Gasteiger partial charge in [-0.1, -0.05) is 11.6 Å². The molecule has 0 saturated carbocycles. The summed E-state index contributed by atoms with van der Waals surface area (Å²) in [5, 5.41) is 10.6. The zero-order valence-corrected chi connectivity index (χ0v) is 9.55. The molecule has 1 amide bonds. The van der Waals surface area contributed by atoms with Crippen LogP contribution >= 0.6 is 11.6 Å². The molecule has 0 radical (unpaired) electrons. The minimum atomic E-state index is -0.222. The van der Waals surface area contributed by atoms with Crippen molar-refractivity contribution in [2.45, 2.75) is 6.54 Å². The number of hydrogen-bond acceptors (Lipinski definition) is 4. The van der Waals surface area contributed by atoms with Crippen LogP contribution in [-0.2, 0) is 6.54 Å². The van der Waals surface area contributed by atoms with Crippen molar-refractivity contribution in [3.8, 4) is 0 Å². The van der Waals surface area contributed by atoms with Gasteiger partial charge >= 0.3 is 0 Å². The van der Waals surface area contributed by atoms with Crippen LogP contribution in [0.5, 0.6) is 0 Å². The molecule has 0 bridgehead atoms. The van der Waals surface area contributed by atoms with Crippen molar-refractivity contribution < 1.29 is 4.79 Å². The van der Waals surface area contributed by atoms with E-state index in [-0.39, 0.29) is 11.1 Å².